The first kappa shape index (κ1) is 10.6. The lowest BCUT2D eigenvalue weighted by Gasteiger charge is -1.98. The minimum Gasteiger partial charge on any atom is -0.476 e. The van der Waals surface area contributed by atoms with Crippen molar-refractivity contribution >= 4 is 23.3 Å². The van der Waals surface area contributed by atoms with Gasteiger partial charge in [0.15, 0.2) is 5.69 Å². The van der Waals surface area contributed by atoms with Crippen molar-refractivity contribution in [2.45, 2.75) is 13.5 Å². The summed E-state index contributed by atoms with van der Waals surface area (Å²) in [6, 6.07) is 0. The highest BCUT2D eigenvalue weighted by molar-refractivity contribution is 6.25. The quantitative estimate of drug-likeness (QED) is 0.797. The summed E-state index contributed by atoms with van der Waals surface area (Å²) in [5, 5.41) is 12.5. The predicted molar refractivity (Wildman–Crippen MR) is 53.2 cm³/mol. The first-order valence-corrected chi connectivity index (χ1v) is 4.30. The van der Waals surface area contributed by atoms with Crippen LogP contribution in [0.3, 0.4) is 0 Å². The van der Waals surface area contributed by atoms with E-state index in [0.717, 1.165) is 5.57 Å². The number of halogens is 1. The molecule has 1 rings (SSSR count). The maximum absolute atomic E-state index is 10.6. The Labute approximate surface area is 85.8 Å². The number of nitrogens with zero attached hydrogens (tertiary/aromatic N) is 2. The lowest BCUT2D eigenvalue weighted by molar-refractivity contribution is 0.0690. The fraction of sp³-hybridized carbons (Fsp3) is 0.250. The number of anilines is 1. The summed E-state index contributed by atoms with van der Waals surface area (Å²) < 4.78 is 1.44. The first-order chi connectivity index (χ1) is 6.54. The van der Waals surface area contributed by atoms with E-state index in [2.05, 4.69) is 5.10 Å². The molecule has 0 bridgehead atoms. The van der Waals surface area contributed by atoms with E-state index in [4.69, 9.17) is 22.4 Å². The number of hydrogen-bond acceptors (Lipinski definition) is 3. The summed E-state index contributed by atoms with van der Waals surface area (Å²) in [7, 11) is 0. The molecular formula is C8H10ClN3O2. The van der Waals surface area contributed by atoms with Crippen LogP contribution in [0.5, 0.6) is 0 Å². The summed E-state index contributed by atoms with van der Waals surface area (Å²) >= 11 is 5.46. The molecule has 0 unspecified atom stereocenters. The van der Waals surface area contributed by atoms with Crippen LogP contribution in [0.2, 0.25) is 0 Å². The normalized spacial score (nSPS) is 11.7. The molecule has 6 heteroatoms. The highest BCUT2D eigenvalue weighted by Crippen LogP contribution is 2.10. The van der Waals surface area contributed by atoms with Crippen LogP contribution < -0.4 is 5.73 Å². The van der Waals surface area contributed by atoms with Gasteiger partial charge in [0.1, 0.15) is 0 Å². The SMILES string of the molecule is C/C(=C/Cl)Cn1cc(N)c(C(=O)O)n1. The molecule has 0 radical (unpaired) electrons. The second kappa shape index (κ2) is 4.15. The Morgan fingerprint density at radius 1 is 1.86 bits per heavy atom. The third kappa shape index (κ3) is 2.26. The first-order valence-electron chi connectivity index (χ1n) is 3.86. The molecule has 0 aromatic carbocycles. The summed E-state index contributed by atoms with van der Waals surface area (Å²) in [5.74, 6) is -1.13. The lowest BCUT2D eigenvalue weighted by atomic mass is 10.3. The molecule has 1 aromatic heterocycles. The van der Waals surface area contributed by atoms with Gasteiger partial charge in [-0.2, -0.15) is 5.10 Å². The maximum Gasteiger partial charge on any atom is 0.358 e. The second-order valence-corrected chi connectivity index (χ2v) is 3.11. The Morgan fingerprint density at radius 2 is 2.50 bits per heavy atom. The number of nitrogens with two attached hydrogens (primary N) is 1. The van der Waals surface area contributed by atoms with E-state index in [9.17, 15) is 4.79 Å². The molecule has 0 aliphatic heterocycles. The van der Waals surface area contributed by atoms with Crippen molar-refractivity contribution in [1.82, 2.24) is 9.78 Å². The van der Waals surface area contributed by atoms with Gasteiger partial charge in [-0.15, -0.1) is 0 Å². The maximum atomic E-state index is 10.6. The molecule has 0 saturated carbocycles. The summed E-state index contributed by atoms with van der Waals surface area (Å²) in [6.07, 6.45) is 1.47. The zero-order valence-corrected chi connectivity index (χ0v) is 8.32. The average Bonchev–Trinajstić information content (AvgIpc) is 2.46. The molecule has 3 N–H and O–H groups in total. The van der Waals surface area contributed by atoms with Gasteiger partial charge in [0.25, 0.3) is 0 Å². The summed E-state index contributed by atoms with van der Waals surface area (Å²) in [6.45, 7) is 2.24. The molecule has 0 saturated heterocycles. The Balaban J connectivity index is 2.92. The fourth-order valence-electron chi connectivity index (χ4n) is 0.974. The molecule has 0 atom stereocenters. The minimum absolute atomic E-state index is 0.132. The van der Waals surface area contributed by atoms with Crippen molar-refractivity contribution in [2.24, 2.45) is 0 Å². The molecule has 0 spiro atoms. The van der Waals surface area contributed by atoms with E-state index in [1.807, 2.05) is 6.92 Å². The molecule has 76 valence electrons. The third-order valence-corrected chi connectivity index (χ3v) is 1.96. The van der Waals surface area contributed by atoms with Gasteiger partial charge in [-0.05, 0) is 12.5 Å². The van der Waals surface area contributed by atoms with Gasteiger partial charge in [-0.25, -0.2) is 4.79 Å². The van der Waals surface area contributed by atoms with Crippen molar-refractivity contribution < 1.29 is 9.90 Å². The summed E-state index contributed by atoms with van der Waals surface area (Å²) in [4.78, 5) is 10.6. The molecular weight excluding hydrogens is 206 g/mol. The number of rotatable bonds is 3. The highest BCUT2D eigenvalue weighted by Gasteiger charge is 2.12. The molecule has 5 nitrogen and oxygen atoms in total. The van der Waals surface area contributed by atoms with E-state index >= 15 is 0 Å². The number of carboxylic acids is 1. The van der Waals surface area contributed by atoms with Gasteiger partial charge in [0.05, 0.1) is 12.2 Å². The van der Waals surface area contributed by atoms with E-state index in [0.29, 0.717) is 6.54 Å². The van der Waals surface area contributed by atoms with Crippen molar-refractivity contribution in [3.8, 4) is 0 Å². The number of aromatic nitrogens is 2. The molecule has 0 aliphatic carbocycles. The van der Waals surface area contributed by atoms with Crippen molar-refractivity contribution in [3.05, 3.63) is 23.0 Å². The topological polar surface area (TPSA) is 81.1 Å². The molecule has 1 heterocycles. The Hall–Kier alpha value is -1.49. The van der Waals surface area contributed by atoms with Crippen LogP contribution in [-0.2, 0) is 6.54 Å². The standard InChI is InChI=1S/C8H10ClN3O2/c1-5(2-9)3-12-4-6(10)7(11-12)8(13)14/h2,4H,3,10H2,1H3,(H,13,14)/b5-2-. The van der Waals surface area contributed by atoms with Crippen LogP contribution in [-0.4, -0.2) is 20.9 Å². The third-order valence-electron chi connectivity index (χ3n) is 1.59. The van der Waals surface area contributed by atoms with Crippen LogP contribution in [0, 0.1) is 0 Å². The number of allylic oxidation sites excluding steroid dienone is 1. The van der Waals surface area contributed by atoms with Crippen molar-refractivity contribution in [1.29, 1.82) is 0 Å². The number of carboxylic acid groups (broad SMARTS) is 1. The largest absolute Gasteiger partial charge is 0.476 e. The number of carbonyl (C=O) groups is 1. The number of aromatic carboxylic acids is 1. The van der Waals surface area contributed by atoms with Crippen LogP contribution in [0.25, 0.3) is 0 Å². The minimum atomic E-state index is -1.13. The molecule has 14 heavy (non-hydrogen) atoms. The van der Waals surface area contributed by atoms with E-state index < -0.39 is 5.97 Å². The second-order valence-electron chi connectivity index (χ2n) is 2.89. The molecule has 1 aromatic rings. The van der Waals surface area contributed by atoms with E-state index in [-0.39, 0.29) is 11.4 Å². The van der Waals surface area contributed by atoms with E-state index in [1.165, 1.54) is 16.4 Å². The summed E-state index contributed by atoms with van der Waals surface area (Å²) in [5.41, 5.74) is 7.75. The van der Waals surface area contributed by atoms with Crippen LogP contribution in [0.15, 0.2) is 17.3 Å². The number of nitrogen functional groups attached to an aromatic ring is 1. The molecule has 0 aliphatic rings. The Bertz CT molecular complexity index is 384. The van der Waals surface area contributed by atoms with Gasteiger partial charge in [0.2, 0.25) is 0 Å². The lowest BCUT2D eigenvalue weighted by Crippen LogP contribution is -2.04. The number of hydrogen-bond donors (Lipinski definition) is 2. The fourth-order valence-corrected chi connectivity index (χ4v) is 1.04. The van der Waals surface area contributed by atoms with E-state index in [1.54, 1.807) is 0 Å². The van der Waals surface area contributed by atoms with Gasteiger partial charge < -0.3 is 10.8 Å². The Morgan fingerprint density at radius 3 is 2.93 bits per heavy atom. The van der Waals surface area contributed by atoms with Gasteiger partial charge in [-0.3, -0.25) is 4.68 Å². The van der Waals surface area contributed by atoms with Crippen molar-refractivity contribution in [3.63, 3.8) is 0 Å². The zero-order chi connectivity index (χ0) is 10.7. The van der Waals surface area contributed by atoms with Crippen LogP contribution in [0.4, 0.5) is 5.69 Å². The average molecular weight is 216 g/mol. The zero-order valence-electron chi connectivity index (χ0n) is 7.57. The van der Waals surface area contributed by atoms with Crippen LogP contribution in [0.1, 0.15) is 17.4 Å². The van der Waals surface area contributed by atoms with Gasteiger partial charge >= 0.3 is 5.97 Å². The van der Waals surface area contributed by atoms with Gasteiger partial charge in [-0.1, -0.05) is 11.6 Å². The molecule has 0 amide bonds. The molecule has 0 fully saturated rings. The predicted octanol–water partition coefficient (Wildman–Crippen LogP) is 1.31. The van der Waals surface area contributed by atoms with Crippen LogP contribution >= 0.6 is 11.6 Å². The monoisotopic (exact) mass is 215 g/mol. The highest BCUT2D eigenvalue weighted by atomic mass is 35.5. The smallest absolute Gasteiger partial charge is 0.358 e. The Kier molecular flexibility index (Phi) is 3.14. The van der Waals surface area contributed by atoms with Gasteiger partial charge in [0, 0.05) is 11.7 Å². The van der Waals surface area contributed by atoms with Crippen molar-refractivity contribution in [2.75, 3.05) is 5.73 Å².